The van der Waals surface area contributed by atoms with Gasteiger partial charge >= 0.3 is 0 Å². The van der Waals surface area contributed by atoms with Crippen molar-refractivity contribution >= 4 is 21.6 Å². The maximum atomic E-state index is 5.81. The van der Waals surface area contributed by atoms with E-state index in [2.05, 4.69) is 53.3 Å². The number of hydrogen-bond acceptors (Lipinski definition) is 3. The predicted octanol–water partition coefficient (Wildman–Crippen LogP) is 5.56. The van der Waals surface area contributed by atoms with Crippen molar-refractivity contribution in [2.24, 2.45) is 0 Å². The van der Waals surface area contributed by atoms with Gasteiger partial charge in [-0.2, -0.15) is 0 Å². The van der Waals surface area contributed by atoms with Gasteiger partial charge in [0.25, 0.3) is 0 Å². The Bertz CT molecular complexity index is 643. The van der Waals surface area contributed by atoms with Crippen LogP contribution in [0.1, 0.15) is 31.4 Å². The Morgan fingerprint density at radius 3 is 2.57 bits per heavy atom. The van der Waals surface area contributed by atoms with Gasteiger partial charge in [-0.3, -0.25) is 0 Å². The zero-order valence-corrected chi connectivity index (χ0v) is 15.6. The average Bonchev–Trinajstić information content (AvgIpc) is 2.54. The van der Waals surface area contributed by atoms with Gasteiger partial charge in [0, 0.05) is 12.2 Å². The summed E-state index contributed by atoms with van der Waals surface area (Å²) in [6.45, 7) is 8.21. The lowest BCUT2D eigenvalue weighted by Crippen LogP contribution is -2.04. The molecule has 23 heavy (non-hydrogen) atoms. The molecule has 3 nitrogen and oxygen atoms in total. The Balaban J connectivity index is 2.17. The molecule has 0 amide bonds. The number of anilines is 1. The summed E-state index contributed by atoms with van der Waals surface area (Å²) in [5, 5.41) is 3.47. The van der Waals surface area contributed by atoms with Crippen LogP contribution < -0.4 is 14.8 Å². The summed E-state index contributed by atoms with van der Waals surface area (Å²) >= 11 is 3.61. The first kappa shape index (κ1) is 17.7. The predicted molar refractivity (Wildman–Crippen MR) is 99.6 cm³/mol. The van der Waals surface area contributed by atoms with Gasteiger partial charge in [0.1, 0.15) is 0 Å². The zero-order valence-electron chi connectivity index (χ0n) is 14.0. The molecule has 0 bridgehead atoms. The van der Waals surface area contributed by atoms with Crippen LogP contribution in [0.25, 0.3) is 0 Å². The smallest absolute Gasteiger partial charge is 0.175 e. The molecule has 0 radical (unpaired) electrons. The minimum atomic E-state index is 0.615. The third-order valence-corrected chi connectivity index (χ3v) is 4.04. The molecule has 2 aromatic carbocycles. The van der Waals surface area contributed by atoms with Crippen LogP contribution in [0.3, 0.4) is 0 Å². The molecule has 0 atom stereocenters. The maximum Gasteiger partial charge on any atom is 0.175 e. The molecule has 0 aliphatic rings. The Labute approximate surface area is 147 Å². The molecule has 0 aromatic heterocycles. The summed E-state index contributed by atoms with van der Waals surface area (Å²) in [5.41, 5.74) is 3.53. The third kappa shape index (κ3) is 4.90. The summed E-state index contributed by atoms with van der Waals surface area (Å²) in [5.74, 6) is 1.57. The summed E-state index contributed by atoms with van der Waals surface area (Å²) < 4.78 is 12.5. The van der Waals surface area contributed by atoms with Crippen molar-refractivity contribution in [2.45, 2.75) is 33.7 Å². The normalized spacial score (nSPS) is 10.4. The minimum Gasteiger partial charge on any atom is -0.490 e. The second-order valence-electron chi connectivity index (χ2n) is 5.35. The fourth-order valence-electron chi connectivity index (χ4n) is 2.30. The van der Waals surface area contributed by atoms with Crippen LogP contribution in [0.5, 0.6) is 11.5 Å². The summed E-state index contributed by atoms with van der Waals surface area (Å²) in [6, 6.07) is 12.4. The highest BCUT2D eigenvalue weighted by Gasteiger charge is 2.12. The molecule has 0 heterocycles. The molecule has 4 heteroatoms. The van der Waals surface area contributed by atoms with Crippen LogP contribution in [-0.2, 0) is 6.54 Å². The van der Waals surface area contributed by atoms with E-state index < -0.39 is 0 Å². The molecule has 0 fully saturated rings. The lowest BCUT2D eigenvalue weighted by Gasteiger charge is -2.16. The standard InChI is InChI=1S/C19H24BrNO2/c1-4-10-23-19-16(20)11-15(12-18(19)22-5-2)13-21-17-9-7-6-8-14(17)3/h6-9,11-12,21H,4-5,10,13H2,1-3H3. The molecule has 0 unspecified atom stereocenters. The van der Waals surface area contributed by atoms with Gasteiger partial charge in [-0.1, -0.05) is 25.1 Å². The molecule has 2 rings (SSSR count). The van der Waals surface area contributed by atoms with Crippen molar-refractivity contribution in [3.05, 3.63) is 52.0 Å². The molecule has 124 valence electrons. The molecular weight excluding hydrogens is 354 g/mol. The number of ether oxygens (including phenoxy) is 2. The number of halogens is 1. The van der Waals surface area contributed by atoms with Gasteiger partial charge in [-0.05, 0) is 65.5 Å². The molecule has 0 saturated carbocycles. The van der Waals surface area contributed by atoms with Gasteiger partial charge in [0.2, 0.25) is 0 Å². The lowest BCUT2D eigenvalue weighted by molar-refractivity contribution is 0.275. The highest BCUT2D eigenvalue weighted by molar-refractivity contribution is 9.10. The number of benzene rings is 2. The molecule has 1 N–H and O–H groups in total. The van der Waals surface area contributed by atoms with Crippen LogP contribution in [0.2, 0.25) is 0 Å². The Morgan fingerprint density at radius 1 is 1.09 bits per heavy atom. The fraction of sp³-hybridized carbons (Fsp3) is 0.368. The van der Waals surface area contributed by atoms with Gasteiger partial charge in [-0.25, -0.2) is 0 Å². The number of rotatable bonds is 8. The SMILES string of the molecule is CCCOc1c(Br)cc(CNc2ccccc2C)cc1OCC. The van der Waals surface area contributed by atoms with Crippen LogP contribution in [0.4, 0.5) is 5.69 Å². The quantitative estimate of drug-likeness (QED) is 0.653. The highest BCUT2D eigenvalue weighted by atomic mass is 79.9. The van der Waals surface area contributed by atoms with E-state index in [9.17, 15) is 0 Å². The van der Waals surface area contributed by atoms with Crippen molar-refractivity contribution in [1.29, 1.82) is 0 Å². The summed E-state index contributed by atoms with van der Waals surface area (Å²) in [7, 11) is 0. The zero-order chi connectivity index (χ0) is 16.7. The second-order valence-corrected chi connectivity index (χ2v) is 6.21. The van der Waals surface area contributed by atoms with Crippen LogP contribution in [0.15, 0.2) is 40.9 Å². The van der Waals surface area contributed by atoms with E-state index in [1.807, 2.05) is 25.1 Å². The monoisotopic (exact) mass is 377 g/mol. The number of aryl methyl sites for hydroxylation is 1. The summed E-state index contributed by atoms with van der Waals surface area (Å²) in [4.78, 5) is 0. The first-order valence-electron chi connectivity index (χ1n) is 8.03. The molecule has 0 aliphatic carbocycles. The van der Waals surface area contributed by atoms with Gasteiger partial charge < -0.3 is 14.8 Å². The second kappa shape index (κ2) is 8.82. The maximum absolute atomic E-state index is 5.81. The highest BCUT2D eigenvalue weighted by Crippen LogP contribution is 2.37. The van der Waals surface area contributed by atoms with Gasteiger partial charge in [-0.15, -0.1) is 0 Å². The first-order valence-corrected chi connectivity index (χ1v) is 8.82. The fourth-order valence-corrected chi connectivity index (χ4v) is 2.90. The van der Waals surface area contributed by atoms with E-state index in [1.54, 1.807) is 0 Å². The average molecular weight is 378 g/mol. The summed E-state index contributed by atoms with van der Waals surface area (Å²) in [6.07, 6.45) is 0.967. The number of hydrogen-bond donors (Lipinski definition) is 1. The Morgan fingerprint density at radius 2 is 1.87 bits per heavy atom. The molecule has 2 aromatic rings. The van der Waals surface area contributed by atoms with Gasteiger partial charge in [0.05, 0.1) is 17.7 Å². The molecule has 0 saturated heterocycles. The van der Waals surface area contributed by atoms with E-state index >= 15 is 0 Å². The molecule has 0 aliphatic heterocycles. The van der Waals surface area contributed by atoms with Crippen LogP contribution in [0, 0.1) is 6.92 Å². The van der Waals surface area contributed by atoms with Crippen LogP contribution >= 0.6 is 15.9 Å². The topological polar surface area (TPSA) is 30.5 Å². The van der Waals surface area contributed by atoms with Crippen molar-refractivity contribution in [2.75, 3.05) is 18.5 Å². The first-order chi connectivity index (χ1) is 11.2. The largest absolute Gasteiger partial charge is 0.490 e. The third-order valence-electron chi connectivity index (χ3n) is 3.45. The lowest BCUT2D eigenvalue weighted by atomic mass is 10.1. The van der Waals surface area contributed by atoms with Crippen molar-refractivity contribution in [1.82, 2.24) is 0 Å². The van der Waals surface area contributed by atoms with Gasteiger partial charge in [0.15, 0.2) is 11.5 Å². The van der Waals surface area contributed by atoms with E-state index in [0.29, 0.717) is 13.2 Å². The van der Waals surface area contributed by atoms with E-state index in [0.717, 1.165) is 40.2 Å². The van der Waals surface area contributed by atoms with E-state index in [1.165, 1.54) is 5.56 Å². The van der Waals surface area contributed by atoms with E-state index in [-0.39, 0.29) is 0 Å². The molecule has 0 spiro atoms. The minimum absolute atomic E-state index is 0.615. The van der Waals surface area contributed by atoms with Crippen LogP contribution in [-0.4, -0.2) is 13.2 Å². The Hall–Kier alpha value is -1.68. The van der Waals surface area contributed by atoms with E-state index in [4.69, 9.17) is 9.47 Å². The number of nitrogens with one attached hydrogen (secondary N) is 1. The van der Waals surface area contributed by atoms with Crippen molar-refractivity contribution in [3.63, 3.8) is 0 Å². The van der Waals surface area contributed by atoms with Crippen molar-refractivity contribution < 1.29 is 9.47 Å². The Kier molecular flexibility index (Phi) is 6.78. The molecular formula is C19H24BrNO2. The number of para-hydroxylation sites is 1. The van der Waals surface area contributed by atoms with Crippen molar-refractivity contribution in [3.8, 4) is 11.5 Å².